The van der Waals surface area contributed by atoms with Gasteiger partial charge in [0, 0.05) is 31.6 Å². The van der Waals surface area contributed by atoms with Gasteiger partial charge in [-0.05, 0) is 43.2 Å². The summed E-state index contributed by atoms with van der Waals surface area (Å²) in [5.74, 6) is 1.05. The maximum atomic E-state index is 14.4. The monoisotopic (exact) mass is 448 g/mol. The number of anilines is 1. The minimum absolute atomic E-state index is 0.0991. The van der Waals surface area contributed by atoms with Crippen molar-refractivity contribution in [1.29, 1.82) is 0 Å². The summed E-state index contributed by atoms with van der Waals surface area (Å²) in [5, 5.41) is 0. The van der Waals surface area contributed by atoms with E-state index in [-0.39, 0.29) is 18.2 Å². The minimum atomic E-state index is -0.465. The van der Waals surface area contributed by atoms with Gasteiger partial charge in [-0.3, -0.25) is 4.79 Å². The number of hydrogen-bond donors (Lipinski definition) is 0. The van der Waals surface area contributed by atoms with Crippen LogP contribution in [0.3, 0.4) is 0 Å². The molecule has 0 bridgehead atoms. The summed E-state index contributed by atoms with van der Waals surface area (Å²) in [6.07, 6.45) is 2.75. The lowest BCUT2D eigenvalue weighted by molar-refractivity contribution is 0.0731. The van der Waals surface area contributed by atoms with E-state index in [1.165, 1.54) is 6.07 Å². The Labute approximate surface area is 191 Å². The number of carbonyl (C=O) groups is 1. The van der Waals surface area contributed by atoms with Crippen LogP contribution in [0.25, 0.3) is 0 Å². The van der Waals surface area contributed by atoms with Gasteiger partial charge in [-0.15, -0.1) is 0 Å². The van der Waals surface area contributed by atoms with E-state index in [4.69, 9.17) is 14.5 Å². The van der Waals surface area contributed by atoms with E-state index < -0.39 is 5.82 Å². The average Bonchev–Trinajstić information content (AvgIpc) is 3.40. The van der Waals surface area contributed by atoms with Crippen LogP contribution in [0.2, 0.25) is 0 Å². The highest BCUT2D eigenvalue weighted by Gasteiger charge is 2.29. The fraction of sp³-hybridized carbons (Fsp3) is 0.320. The summed E-state index contributed by atoms with van der Waals surface area (Å²) in [5.41, 5.74) is 2.10. The lowest BCUT2D eigenvalue weighted by atomic mass is 10.0. The molecule has 1 saturated heterocycles. The molecule has 2 aliphatic heterocycles. The highest BCUT2D eigenvalue weighted by molar-refractivity contribution is 5.94. The van der Waals surface area contributed by atoms with Crippen LogP contribution >= 0.6 is 0 Å². The van der Waals surface area contributed by atoms with Crippen LogP contribution in [0.4, 0.5) is 10.3 Å². The number of rotatable bonds is 5. The Morgan fingerprint density at radius 1 is 1.03 bits per heavy atom. The highest BCUT2D eigenvalue weighted by Crippen LogP contribution is 2.33. The Hall–Kier alpha value is -3.68. The normalized spacial score (nSPS) is 15.3. The van der Waals surface area contributed by atoms with Crippen LogP contribution in [0.1, 0.15) is 34.5 Å². The smallest absolute Gasteiger partial charge is 0.254 e. The van der Waals surface area contributed by atoms with Crippen LogP contribution in [-0.4, -0.2) is 47.5 Å². The number of halogens is 1. The Morgan fingerprint density at radius 2 is 1.85 bits per heavy atom. The predicted octanol–water partition coefficient (Wildman–Crippen LogP) is 4.22. The largest absolute Gasteiger partial charge is 0.497 e. The summed E-state index contributed by atoms with van der Waals surface area (Å²) in [6.45, 7) is 2.59. The number of hydrogen-bond acceptors (Lipinski definition) is 6. The molecule has 170 valence electrons. The Kier molecular flexibility index (Phi) is 5.81. The SMILES string of the molecule is COc1cccc(C(=O)N2CCc3nc(N4CCCC4)nc(Oc4ccccc4F)c3C2)c1. The molecule has 2 aliphatic rings. The van der Waals surface area contributed by atoms with Crippen molar-refractivity contribution in [2.45, 2.75) is 25.8 Å². The van der Waals surface area contributed by atoms with Gasteiger partial charge < -0.3 is 19.3 Å². The van der Waals surface area contributed by atoms with E-state index >= 15 is 0 Å². The van der Waals surface area contributed by atoms with E-state index in [1.807, 2.05) is 0 Å². The third kappa shape index (κ3) is 4.33. The van der Waals surface area contributed by atoms with Crippen LogP contribution < -0.4 is 14.4 Å². The number of amides is 1. The van der Waals surface area contributed by atoms with Crippen molar-refractivity contribution in [2.75, 3.05) is 31.6 Å². The molecule has 1 aromatic heterocycles. The number of fused-ring (bicyclic) bond motifs is 1. The lowest BCUT2D eigenvalue weighted by Crippen LogP contribution is -2.37. The first-order chi connectivity index (χ1) is 16.1. The number of para-hydroxylation sites is 1. The van der Waals surface area contributed by atoms with Gasteiger partial charge in [0.05, 0.1) is 24.9 Å². The van der Waals surface area contributed by atoms with Gasteiger partial charge in [-0.1, -0.05) is 18.2 Å². The van der Waals surface area contributed by atoms with Gasteiger partial charge >= 0.3 is 0 Å². The Balaban J connectivity index is 1.49. The van der Waals surface area contributed by atoms with Crippen LogP contribution in [0.15, 0.2) is 48.5 Å². The van der Waals surface area contributed by atoms with Crippen molar-refractivity contribution in [3.63, 3.8) is 0 Å². The maximum Gasteiger partial charge on any atom is 0.254 e. The van der Waals surface area contributed by atoms with Crippen molar-refractivity contribution >= 4 is 11.9 Å². The second kappa shape index (κ2) is 9.05. The van der Waals surface area contributed by atoms with Crippen molar-refractivity contribution in [2.24, 2.45) is 0 Å². The number of ether oxygens (including phenoxy) is 2. The van der Waals surface area contributed by atoms with Crippen LogP contribution in [-0.2, 0) is 13.0 Å². The fourth-order valence-electron chi connectivity index (χ4n) is 4.26. The van der Waals surface area contributed by atoms with E-state index in [9.17, 15) is 9.18 Å². The van der Waals surface area contributed by atoms with Gasteiger partial charge in [-0.25, -0.2) is 9.37 Å². The maximum absolute atomic E-state index is 14.4. The molecule has 0 N–H and O–H groups in total. The zero-order valence-corrected chi connectivity index (χ0v) is 18.5. The highest BCUT2D eigenvalue weighted by atomic mass is 19.1. The Bertz CT molecular complexity index is 1180. The van der Waals surface area contributed by atoms with Crippen molar-refractivity contribution < 1.29 is 18.7 Å². The molecule has 0 atom stereocenters. The zero-order chi connectivity index (χ0) is 22.8. The molecule has 5 rings (SSSR count). The standard InChI is InChI=1S/C25H25FN4O3/c1-32-18-8-6-7-17(15-18)24(31)30-14-11-21-19(16-30)23(33-22-10-3-2-9-20(22)26)28-25(27-21)29-12-4-5-13-29/h2-3,6-10,15H,4-5,11-14,16H2,1H3. The number of benzene rings is 2. The van der Waals surface area contributed by atoms with Crippen LogP contribution in [0, 0.1) is 5.82 Å². The average molecular weight is 448 g/mol. The molecule has 3 aromatic rings. The van der Waals surface area contributed by atoms with E-state index in [0.717, 1.165) is 31.6 Å². The molecule has 1 amide bonds. The number of aromatic nitrogens is 2. The van der Waals surface area contributed by atoms with E-state index in [0.29, 0.717) is 41.7 Å². The minimum Gasteiger partial charge on any atom is -0.497 e. The molecule has 0 unspecified atom stereocenters. The second-order valence-corrected chi connectivity index (χ2v) is 8.19. The van der Waals surface area contributed by atoms with Gasteiger partial charge in [0.1, 0.15) is 5.75 Å². The van der Waals surface area contributed by atoms with Gasteiger partial charge in [-0.2, -0.15) is 4.98 Å². The topological polar surface area (TPSA) is 67.8 Å². The zero-order valence-electron chi connectivity index (χ0n) is 18.5. The van der Waals surface area contributed by atoms with Gasteiger partial charge in [0.25, 0.3) is 5.91 Å². The van der Waals surface area contributed by atoms with Crippen molar-refractivity contribution in [3.05, 3.63) is 71.2 Å². The molecule has 1 fully saturated rings. The molecular weight excluding hydrogens is 423 g/mol. The van der Waals surface area contributed by atoms with Crippen LogP contribution in [0.5, 0.6) is 17.4 Å². The molecule has 0 saturated carbocycles. The van der Waals surface area contributed by atoms with Gasteiger partial charge in [0.2, 0.25) is 11.8 Å². The lowest BCUT2D eigenvalue weighted by Gasteiger charge is -2.30. The molecule has 2 aromatic carbocycles. The fourth-order valence-corrected chi connectivity index (χ4v) is 4.26. The van der Waals surface area contributed by atoms with Crippen molar-refractivity contribution in [3.8, 4) is 17.4 Å². The molecule has 0 spiro atoms. The number of carbonyl (C=O) groups excluding carboxylic acids is 1. The first-order valence-corrected chi connectivity index (χ1v) is 11.1. The summed E-state index contributed by atoms with van der Waals surface area (Å²) in [7, 11) is 1.57. The third-order valence-electron chi connectivity index (χ3n) is 6.05. The summed E-state index contributed by atoms with van der Waals surface area (Å²) >= 11 is 0. The van der Waals surface area contributed by atoms with E-state index in [2.05, 4.69) is 9.88 Å². The predicted molar refractivity (Wildman–Crippen MR) is 121 cm³/mol. The van der Waals surface area contributed by atoms with Crippen molar-refractivity contribution in [1.82, 2.24) is 14.9 Å². The molecule has 8 heteroatoms. The first-order valence-electron chi connectivity index (χ1n) is 11.1. The molecule has 0 aliphatic carbocycles. The van der Waals surface area contributed by atoms with Gasteiger partial charge in [0.15, 0.2) is 11.6 Å². The Morgan fingerprint density at radius 3 is 2.64 bits per heavy atom. The summed E-state index contributed by atoms with van der Waals surface area (Å²) in [4.78, 5) is 26.5. The molecular formula is C25H25FN4O3. The molecule has 7 nitrogen and oxygen atoms in total. The quantitative estimate of drug-likeness (QED) is 0.582. The number of nitrogens with zero attached hydrogens (tertiary/aromatic N) is 4. The molecule has 0 radical (unpaired) electrons. The van der Waals surface area contributed by atoms with E-state index in [1.54, 1.807) is 54.5 Å². The second-order valence-electron chi connectivity index (χ2n) is 8.19. The molecule has 3 heterocycles. The number of methoxy groups -OCH3 is 1. The molecule has 33 heavy (non-hydrogen) atoms. The third-order valence-corrected chi connectivity index (χ3v) is 6.05. The summed E-state index contributed by atoms with van der Waals surface area (Å²) < 4.78 is 25.6. The first kappa shape index (κ1) is 21.2. The summed E-state index contributed by atoms with van der Waals surface area (Å²) in [6, 6.07) is 13.3.